The van der Waals surface area contributed by atoms with Gasteiger partial charge in [-0.25, -0.2) is 4.79 Å². The Morgan fingerprint density at radius 2 is 1.74 bits per heavy atom. The van der Waals surface area contributed by atoms with E-state index in [2.05, 4.69) is 4.90 Å². The van der Waals surface area contributed by atoms with Crippen LogP contribution in [0.5, 0.6) is 0 Å². The van der Waals surface area contributed by atoms with Gasteiger partial charge in [-0.05, 0) is 55.5 Å². The van der Waals surface area contributed by atoms with Crippen molar-refractivity contribution in [2.75, 3.05) is 26.5 Å². The number of carbonyl (C=O) groups is 2. The molecule has 27 heavy (non-hydrogen) atoms. The van der Waals surface area contributed by atoms with Gasteiger partial charge in [-0.2, -0.15) is 0 Å². The number of rotatable bonds is 6. The summed E-state index contributed by atoms with van der Waals surface area (Å²) in [6, 6.07) is 15.4. The summed E-state index contributed by atoms with van der Waals surface area (Å²) in [7, 11) is 1.38. The van der Waals surface area contributed by atoms with E-state index in [0.29, 0.717) is 5.56 Å². The highest BCUT2D eigenvalue weighted by molar-refractivity contribution is 7.98. The molecule has 5 heteroatoms. The third kappa shape index (κ3) is 4.99. The average molecular weight is 384 g/mol. The predicted octanol–water partition coefficient (Wildman–Crippen LogP) is 4.29. The van der Waals surface area contributed by atoms with E-state index < -0.39 is 0 Å². The summed E-state index contributed by atoms with van der Waals surface area (Å²) in [5.41, 5.74) is 2.50. The predicted molar refractivity (Wildman–Crippen MR) is 108 cm³/mol. The molecule has 1 aliphatic rings. The SMILES string of the molecule is COC(=O)c1ccc(CN2CCC[C@@H](C(=O)c3ccc(SC)cc3)C2)cc1. The van der Waals surface area contributed by atoms with Crippen LogP contribution in [0.15, 0.2) is 53.4 Å². The Morgan fingerprint density at radius 1 is 1.07 bits per heavy atom. The molecule has 0 N–H and O–H groups in total. The third-order valence-corrected chi connectivity index (χ3v) is 5.78. The molecule has 3 rings (SSSR count). The van der Waals surface area contributed by atoms with E-state index in [9.17, 15) is 9.59 Å². The standard InChI is InChI=1S/C22H25NO3S/c1-26-22(25)18-7-5-16(6-8-18)14-23-13-3-4-19(15-23)21(24)17-9-11-20(27-2)12-10-17/h5-12,19H,3-4,13-15H2,1-2H3/t19-/m1/s1. The Labute approximate surface area is 164 Å². The molecule has 1 aliphatic heterocycles. The lowest BCUT2D eigenvalue weighted by molar-refractivity contribution is 0.0600. The van der Waals surface area contributed by atoms with Crippen molar-refractivity contribution in [1.82, 2.24) is 4.90 Å². The van der Waals surface area contributed by atoms with Crippen LogP contribution < -0.4 is 0 Å². The zero-order valence-electron chi connectivity index (χ0n) is 15.8. The number of thioether (sulfide) groups is 1. The van der Waals surface area contributed by atoms with Gasteiger partial charge in [0.25, 0.3) is 0 Å². The lowest BCUT2D eigenvalue weighted by Crippen LogP contribution is -2.38. The Kier molecular flexibility index (Phi) is 6.69. The maximum Gasteiger partial charge on any atom is 0.337 e. The summed E-state index contributed by atoms with van der Waals surface area (Å²) in [4.78, 5) is 27.9. The Hall–Kier alpha value is -2.11. The number of carbonyl (C=O) groups excluding carboxylic acids is 2. The van der Waals surface area contributed by atoms with Gasteiger partial charge >= 0.3 is 5.97 Å². The van der Waals surface area contributed by atoms with E-state index in [-0.39, 0.29) is 17.7 Å². The largest absolute Gasteiger partial charge is 0.465 e. The van der Waals surface area contributed by atoms with Gasteiger partial charge < -0.3 is 4.74 Å². The topological polar surface area (TPSA) is 46.6 Å². The van der Waals surface area contributed by atoms with Crippen LogP contribution in [0.3, 0.4) is 0 Å². The van der Waals surface area contributed by atoms with E-state index >= 15 is 0 Å². The van der Waals surface area contributed by atoms with Crippen LogP contribution in [0.1, 0.15) is 39.1 Å². The van der Waals surface area contributed by atoms with Gasteiger partial charge in [0.15, 0.2) is 5.78 Å². The first kappa shape index (κ1) is 19.6. The Morgan fingerprint density at radius 3 is 2.37 bits per heavy atom. The smallest absolute Gasteiger partial charge is 0.337 e. The first-order valence-corrected chi connectivity index (χ1v) is 10.4. The fourth-order valence-electron chi connectivity index (χ4n) is 3.53. The van der Waals surface area contributed by atoms with Crippen molar-refractivity contribution < 1.29 is 14.3 Å². The van der Waals surface area contributed by atoms with Gasteiger partial charge in [-0.3, -0.25) is 9.69 Å². The maximum absolute atomic E-state index is 12.9. The van der Waals surface area contributed by atoms with Crippen LogP contribution in [0.4, 0.5) is 0 Å². The summed E-state index contributed by atoms with van der Waals surface area (Å²) in [5, 5.41) is 0. The first-order chi connectivity index (χ1) is 13.1. The van der Waals surface area contributed by atoms with E-state index in [1.807, 2.05) is 42.7 Å². The molecule has 142 valence electrons. The van der Waals surface area contributed by atoms with Crippen molar-refractivity contribution in [3.8, 4) is 0 Å². The number of esters is 1. The molecule has 0 bridgehead atoms. The van der Waals surface area contributed by atoms with Crippen LogP contribution in [-0.4, -0.2) is 43.1 Å². The molecular formula is C22H25NO3S. The molecule has 2 aromatic rings. The molecule has 1 heterocycles. The van der Waals surface area contributed by atoms with Crippen molar-refractivity contribution in [2.45, 2.75) is 24.3 Å². The molecule has 0 aliphatic carbocycles. The van der Waals surface area contributed by atoms with Crippen LogP contribution in [0.25, 0.3) is 0 Å². The van der Waals surface area contributed by atoms with Crippen LogP contribution in [0.2, 0.25) is 0 Å². The van der Waals surface area contributed by atoms with Crippen molar-refractivity contribution in [3.05, 3.63) is 65.2 Å². The fraction of sp³-hybridized carbons (Fsp3) is 0.364. The van der Waals surface area contributed by atoms with Crippen LogP contribution >= 0.6 is 11.8 Å². The summed E-state index contributed by atoms with van der Waals surface area (Å²) in [5.74, 6) is -0.0284. The van der Waals surface area contributed by atoms with E-state index in [1.165, 1.54) is 12.0 Å². The minimum atomic E-state index is -0.322. The van der Waals surface area contributed by atoms with Crippen LogP contribution in [0, 0.1) is 5.92 Å². The number of likely N-dealkylation sites (tertiary alicyclic amines) is 1. The molecule has 1 saturated heterocycles. The minimum absolute atomic E-state index is 0.0493. The summed E-state index contributed by atoms with van der Waals surface area (Å²) in [6.45, 7) is 2.56. The monoisotopic (exact) mass is 383 g/mol. The quantitative estimate of drug-likeness (QED) is 0.423. The highest BCUT2D eigenvalue weighted by Crippen LogP contribution is 2.24. The normalized spacial score (nSPS) is 17.5. The van der Waals surface area contributed by atoms with Crippen molar-refractivity contribution in [2.24, 2.45) is 5.92 Å². The number of Topliss-reactive ketones (excluding diaryl/α,β-unsaturated/α-hetero) is 1. The van der Waals surface area contributed by atoms with Crippen molar-refractivity contribution in [1.29, 1.82) is 0 Å². The minimum Gasteiger partial charge on any atom is -0.465 e. The molecule has 0 spiro atoms. The number of methoxy groups -OCH3 is 1. The van der Waals surface area contributed by atoms with Gasteiger partial charge in [-0.1, -0.05) is 24.3 Å². The first-order valence-electron chi connectivity index (χ1n) is 9.18. The van der Waals surface area contributed by atoms with E-state index in [1.54, 1.807) is 23.9 Å². The zero-order valence-corrected chi connectivity index (χ0v) is 16.6. The van der Waals surface area contributed by atoms with E-state index in [4.69, 9.17) is 4.74 Å². The summed E-state index contributed by atoms with van der Waals surface area (Å²) < 4.78 is 4.73. The van der Waals surface area contributed by atoms with Crippen LogP contribution in [-0.2, 0) is 11.3 Å². The lowest BCUT2D eigenvalue weighted by atomic mass is 9.90. The Bertz CT molecular complexity index is 786. The lowest BCUT2D eigenvalue weighted by Gasteiger charge is -2.32. The molecule has 0 aromatic heterocycles. The molecule has 2 aromatic carbocycles. The maximum atomic E-state index is 12.9. The number of ether oxygens (including phenoxy) is 1. The number of hydrogen-bond donors (Lipinski definition) is 0. The number of hydrogen-bond acceptors (Lipinski definition) is 5. The van der Waals surface area contributed by atoms with Gasteiger partial charge in [0.05, 0.1) is 12.7 Å². The molecule has 0 amide bonds. The number of piperidine rings is 1. The number of ketones is 1. The second-order valence-electron chi connectivity index (χ2n) is 6.86. The third-order valence-electron chi connectivity index (χ3n) is 5.03. The van der Waals surface area contributed by atoms with Gasteiger partial charge in [0, 0.05) is 29.5 Å². The van der Waals surface area contributed by atoms with E-state index in [0.717, 1.165) is 43.6 Å². The summed E-state index contributed by atoms with van der Waals surface area (Å²) in [6.07, 6.45) is 4.01. The Balaban J connectivity index is 1.61. The highest BCUT2D eigenvalue weighted by Gasteiger charge is 2.26. The molecule has 0 radical (unpaired) electrons. The van der Waals surface area contributed by atoms with Crippen molar-refractivity contribution in [3.63, 3.8) is 0 Å². The second-order valence-corrected chi connectivity index (χ2v) is 7.74. The average Bonchev–Trinajstić information content (AvgIpc) is 2.73. The molecule has 1 fully saturated rings. The molecular weight excluding hydrogens is 358 g/mol. The van der Waals surface area contributed by atoms with Gasteiger partial charge in [0.2, 0.25) is 0 Å². The van der Waals surface area contributed by atoms with Gasteiger partial charge in [0.1, 0.15) is 0 Å². The molecule has 0 unspecified atom stereocenters. The molecule has 1 atom stereocenters. The van der Waals surface area contributed by atoms with Gasteiger partial charge in [-0.15, -0.1) is 11.8 Å². The second kappa shape index (κ2) is 9.20. The zero-order chi connectivity index (χ0) is 19.2. The van der Waals surface area contributed by atoms with Crippen molar-refractivity contribution >= 4 is 23.5 Å². The highest BCUT2D eigenvalue weighted by atomic mass is 32.2. The molecule has 0 saturated carbocycles. The summed E-state index contributed by atoms with van der Waals surface area (Å²) >= 11 is 1.68. The fourth-order valence-corrected chi connectivity index (χ4v) is 3.93. The number of benzene rings is 2. The number of nitrogens with zero attached hydrogens (tertiary/aromatic N) is 1. The molecule has 4 nitrogen and oxygen atoms in total.